The molecule has 0 radical (unpaired) electrons. The highest BCUT2D eigenvalue weighted by Crippen LogP contribution is 2.62. The first-order valence-electron chi connectivity index (χ1n) is 19.6. The third kappa shape index (κ3) is 8.36. The molecule has 1 aromatic rings. The topological polar surface area (TPSA) is 225 Å². The van der Waals surface area contributed by atoms with Crippen LogP contribution in [0.2, 0.25) is 0 Å². The van der Waals surface area contributed by atoms with Gasteiger partial charge in [-0.25, -0.2) is 4.79 Å². The molecule has 1 aliphatic carbocycles. The molecule has 0 unspecified atom stereocenters. The lowest BCUT2D eigenvalue weighted by atomic mass is 9.72. The molecule has 6 aliphatic rings. The molecule has 6 fully saturated rings. The van der Waals surface area contributed by atoms with Crippen LogP contribution in [0.5, 0.6) is 0 Å². The quantitative estimate of drug-likeness (QED) is 0.139. The van der Waals surface area contributed by atoms with Gasteiger partial charge in [0.15, 0.2) is 30.2 Å². The molecule has 5 heterocycles. The van der Waals surface area contributed by atoms with Gasteiger partial charge in [0.05, 0.1) is 37.4 Å². The number of epoxide rings is 1. The third-order valence-electron chi connectivity index (χ3n) is 12.0. The summed E-state index contributed by atoms with van der Waals surface area (Å²) in [5.41, 5.74) is 0.102. The number of hydrogen-bond acceptors (Lipinski definition) is 17. The first-order chi connectivity index (χ1) is 27.1. The largest absolute Gasteiger partial charge is 0.459 e. The maximum absolute atomic E-state index is 14.0. The Hall–Kier alpha value is -3.52. The molecule has 17 nitrogen and oxygen atoms in total. The predicted octanol–water partition coefficient (Wildman–Crippen LogP) is 1.31. The minimum atomic E-state index is -1.73. The van der Waals surface area contributed by atoms with Crippen LogP contribution in [0.15, 0.2) is 36.4 Å². The second-order valence-electron chi connectivity index (χ2n) is 16.0. The molecule has 7 rings (SSSR count). The second kappa shape index (κ2) is 16.6. The lowest BCUT2D eigenvalue weighted by Gasteiger charge is -2.46. The fourth-order valence-electron chi connectivity index (χ4n) is 8.85. The van der Waals surface area contributed by atoms with Crippen molar-refractivity contribution in [3.8, 4) is 0 Å². The molecule has 314 valence electrons. The van der Waals surface area contributed by atoms with Crippen LogP contribution in [0.4, 0.5) is 0 Å². The van der Waals surface area contributed by atoms with E-state index in [1.165, 1.54) is 19.9 Å². The molecule has 17 atom stereocenters. The van der Waals surface area contributed by atoms with Gasteiger partial charge < -0.3 is 62.7 Å². The highest BCUT2D eigenvalue weighted by molar-refractivity contribution is 5.87. The first kappa shape index (κ1) is 41.6. The van der Waals surface area contributed by atoms with Gasteiger partial charge in [-0.3, -0.25) is 14.4 Å². The van der Waals surface area contributed by atoms with Crippen molar-refractivity contribution in [1.82, 2.24) is 0 Å². The number of ether oxygens (including phenoxy) is 10. The molecular weight excluding hydrogens is 752 g/mol. The number of aliphatic hydroxyl groups is 3. The van der Waals surface area contributed by atoms with E-state index in [2.05, 4.69) is 0 Å². The fourth-order valence-corrected chi connectivity index (χ4v) is 8.85. The zero-order valence-corrected chi connectivity index (χ0v) is 32.5. The number of carbonyl (C=O) groups excluding carboxylic acids is 4. The third-order valence-corrected chi connectivity index (χ3v) is 12.0. The van der Waals surface area contributed by atoms with Gasteiger partial charge in [-0.2, -0.15) is 0 Å². The van der Waals surface area contributed by atoms with Crippen LogP contribution in [0.3, 0.4) is 0 Å². The number of fused-ring (bicyclic) bond motifs is 3. The Labute approximate surface area is 329 Å². The fraction of sp³-hybridized carbons (Fsp3) is 0.700. The molecule has 2 spiro atoms. The smallest absolute Gasteiger partial charge is 0.331 e. The van der Waals surface area contributed by atoms with E-state index >= 15 is 0 Å². The summed E-state index contributed by atoms with van der Waals surface area (Å²) in [6, 6.07) is 9.42. The molecule has 0 bridgehead atoms. The van der Waals surface area contributed by atoms with Crippen LogP contribution < -0.4 is 0 Å². The molecule has 57 heavy (non-hydrogen) atoms. The SMILES string of the molecule is CC(=O)O[C@H]1[C@H](O)[C@@H](O[C@@H]2[C@H](OC(=O)[C@@H]3CC[C@@H]4[C@H](C3)O[C@]3(C[C@H](OC(=O)/C=C/c5ccccc5)[C@H](C)CO3)[C@@]43CO3)O[C@H](C)[C@H](O)[C@@H]2OC(C)=O)O[C@@H](C)[C@H]1O. The van der Waals surface area contributed by atoms with Crippen molar-refractivity contribution in [2.24, 2.45) is 17.8 Å². The molecule has 0 aromatic heterocycles. The summed E-state index contributed by atoms with van der Waals surface area (Å²) in [7, 11) is 0. The molecular formula is C40H52O17. The van der Waals surface area contributed by atoms with E-state index in [1.54, 1.807) is 6.08 Å². The average Bonchev–Trinajstić information content (AvgIpc) is 3.94. The van der Waals surface area contributed by atoms with Crippen molar-refractivity contribution < 1.29 is 81.9 Å². The van der Waals surface area contributed by atoms with E-state index in [1.807, 2.05) is 37.3 Å². The summed E-state index contributed by atoms with van der Waals surface area (Å²) >= 11 is 0. The first-order valence-corrected chi connectivity index (χ1v) is 19.6. The number of rotatable bonds is 9. The van der Waals surface area contributed by atoms with Gasteiger partial charge in [0.1, 0.15) is 24.4 Å². The van der Waals surface area contributed by atoms with Gasteiger partial charge in [-0.05, 0) is 44.7 Å². The molecule has 17 heteroatoms. The summed E-state index contributed by atoms with van der Waals surface area (Å²) in [6.45, 7) is 7.81. The van der Waals surface area contributed by atoms with E-state index in [0.29, 0.717) is 19.4 Å². The summed E-state index contributed by atoms with van der Waals surface area (Å²) < 4.78 is 59.4. The Morgan fingerprint density at radius 3 is 2.11 bits per heavy atom. The van der Waals surface area contributed by atoms with E-state index in [0.717, 1.165) is 19.4 Å². The Kier molecular flexibility index (Phi) is 12.1. The van der Waals surface area contributed by atoms with Crippen molar-refractivity contribution in [2.75, 3.05) is 13.2 Å². The Balaban J connectivity index is 1.04. The molecule has 1 aromatic carbocycles. The Bertz CT molecular complexity index is 1670. The van der Waals surface area contributed by atoms with E-state index < -0.39 is 115 Å². The van der Waals surface area contributed by atoms with Crippen LogP contribution in [-0.4, -0.2) is 137 Å². The van der Waals surface area contributed by atoms with Crippen molar-refractivity contribution in [3.63, 3.8) is 0 Å². The normalized spacial score (nSPS) is 44.0. The molecule has 1 saturated carbocycles. The van der Waals surface area contributed by atoms with Crippen molar-refractivity contribution in [1.29, 1.82) is 0 Å². The Morgan fingerprint density at radius 2 is 1.44 bits per heavy atom. The lowest BCUT2D eigenvalue weighted by Crippen LogP contribution is -2.64. The van der Waals surface area contributed by atoms with E-state index in [4.69, 9.17) is 47.4 Å². The number of aliphatic hydroxyl groups excluding tert-OH is 3. The van der Waals surface area contributed by atoms with Crippen molar-refractivity contribution in [3.05, 3.63) is 42.0 Å². The zero-order valence-electron chi connectivity index (χ0n) is 32.5. The minimum absolute atomic E-state index is 0.109. The average molecular weight is 805 g/mol. The standard InChI is InChI=1S/C40H52O17/c1-19-17-48-40(16-28(19)54-29(43)14-11-24-9-7-6-8-10-24)39(18-49-39)26-13-12-25(15-27(26)57-40)36(47)56-38-35(34(53-23(5)42)31(45)21(3)51-38)55-37-32(46)33(52-22(4)41)30(44)20(2)50-37/h6-11,14,19-21,25-28,30-35,37-38,44-46H,12-13,15-18H2,1-5H3/b14-11+/t19-,20+,21-,25-,26-,27+,28+,30-,31+,32+,33-,34+,35+,37-,38+,39-,40-/m1/s1. The predicted molar refractivity (Wildman–Crippen MR) is 191 cm³/mol. The summed E-state index contributed by atoms with van der Waals surface area (Å²) in [4.78, 5) is 50.9. The maximum Gasteiger partial charge on any atom is 0.331 e. The monoisotopic (exact) mass is 804 g/mol. The maximum atomic E-state index is 14.0. The highest BCUT2D eigenvalue weighted by Gasteiger charge is 2.76. The van der Waals surface area contributed by atoms with Crippen molar-refractivity contribution in [2.45, 2.75) is 145 Å². The van der Waals surface area contributed by atoms with Crippen LogP contribution in [0.25, 0.3) is 6.08 Å². The van der Waals surface area contributed by atoms with Gasteiger partial charge >= 0.3 is 23.9 Å². The van der Waals surface area contributed by atoms with Gasteiger partial charge in [0.2, 0.25) is 12.1 Å². The van der Waals surface area contributed by atoms with Crippen LogP contribution in [0, 0.1) is 17.8 Å². The minimum Gasteiger partial charge on any atom is -0.459 e. The summed E-state index contributed by atoms with van der Waals surface area (Å²) in [6.07, 6.45) is -10.6. The molecule has 0 amide bonds. The van der Waals surface area contributed by atoms with E-state index in [-0.39, 0.29) is 31.3 Å². The van der Waals surface area contributed by atoms with Crippen LogP contribution in [0.1, 0.15) is 65.9 Å². The Morgan fingerprint density at radius 1 is 0.789 bits per heavy atom. The number of carbonyl (C=O) groups is 4. The lowest BCUT2D eigenvalue weighted by molar-refractivity contribution is -0.358. The van der Waals surface area contributed by atoms with Gasteiger partial charge in [0.25, 0.3) is 0 Å². The second-order valence-corrected chi connectivity index (χ2v) is 16.0. The van der Waals surface area contributed by atoms with E-state index in [9.17, 15) is 34.5 Å². The van der Waals surface area contributed by atoms with Crippen LogP contribution >= 0.6 is 0 Å². The van der Waals surface area contributed by atoms with Gasteiger partial charge in [0, 0.05) is 38.2 Å². The molecule has 5 saturated heterocycles. The molecule has 5 aliphatic heterocycles. The number of benzene rings is 1. The van der Waals surface area contributed by atoms with Crippen molar-refractivity contribution >= 4 is 30.0 Å². The number of esters is 4. The highest BCUT2D eigenvalue weighted by atomic mass is 16.8. The van der Waals surface area contributed by atoms with Gasteiger partial charge in [-0.15, -0.1) is 0 Å². The molecule has 3 N–H and O–H groups in total. The zero-order chi connectivity index (χ0) is 40.8. The van der Waals surface area contributed by atoms with Crippen LogP contribution in [-0.2, 0) is 66.5 Å². The van der Waals surface area contributed by atoms with Gasteiger partial charge in [-0.1, -0.05) is 37.3 Å². The summed E-state index contributed by atoms with van der Waals surface area (Å²) in [5.74, 6) is -4.80. The number of hydrogen-bond donors (Lipinski definition) is 3. The summed E-state index contributed by atoms with van der Waals surface area (Å²) in [5, 5.41) is 32.7.